The van der Waals surface area contributed by atoms with Gasteiger partial charge >= 0.3 is 0 Å². The number of halogens is 1. The fourth-order valence-electron chi connectivity index (χ4n) is 4.00. The summed E-state index contributed by atoms with van der Waals surface area (Å²) in [5.74, 6) is 0.567. The lowest BCUT2D eigenvalue weighted by Crippen LogP contribution is -2.48. The number of hydrogen-bond acceptors (Lipinski definition) is 3. The topological polar surface area (TPSA) is 35.6 Å². The van der Waals surface area contributed by atoms with Gasteiger partial charge < -0.3 is 10.2 Å². The predicted molar refractivity (Wildman–Crippen MR) is 97.7 cm³/mol. The van der Waals surface area contributed by atoms with Crippen molar-refractivity contribution in [1.82, 2.24) is 15.1 Å². The first kappa shape index (κ1) is 18.3. The molecule has 1 aromatic rings. The van der Waals surface area contributed by atoms with Crippen LogP contribution in [0.3, 0.4) is 0 Å². The summed E-state index contributed by atoms with van der Waals surface area (Å²) in [6.07, 6.45) is 4.96. The van der Waals surface area contributed by atoms with Crippen molar-refractivity contribution in [2.45, 2.75) is 44.7 Å². The molecule has 1 amide bonds. The molecule has 138 valence electrons. The number of carbonyl (C=O) groups excluding carboxylic acids is 1. The van der Waals surface area contributed by atoms with E-state index in [1.807, 2.05) is 12.1 Å². The maximum absolute atomic E-state index is 13.8. The highest BCUT2D eigenvalue weighted by Crippen LogP contribution is 2.20. The van der Waals surface area contributed by atoms with Gasteiger partial charge in [-0.15, -0.1) is 0 Å². The number of carbonyl (C=O) groups is 1. The minimum absolute atomic E-state index is 0.143. The highest BCUT2D eigenvalue weighted by atomic mass is 19.1. The minimum atomic E-state index is -0.143. The number of amides is 1. The fraction of sp³-hybridized carbons (Fsp3) is 0.650. The average molecular weight is 347 g/mol. The molecule has 0 bridgehead atoms. The third-order valence-corrected chi connectivity index (χ3v) is 5.53. The van der Waals surface area contributed by atoms with Crippen molar-refractivity contribution < 1.29 is 9.18 Å². The summed E-state index contributed by atoms with van der Waals surface area (Å²) in [6, 6.07) is 7.15. The quantitative estimate of drug-likeness (QED) is 0.889. The Balaban J connectivity index is 1.45. The number of benzene rings is 1. The predicted octanol–water partition coefficient (Wildman–Crippen LogP) is 2.64. The Morgan fingerprint density at radius 1 is 1.20 bits per heavy atom. The van der Waals surface area contributed by atoms with Crippen molar-refractivity contribution in [3.05, 3.63) is 35.6 Å². The smallest absolute Gasteiger partial charge is 0.220 e. The zero-order valence-corrected chi connectivity index (χ0v) is 15.2. The molecule has 4 nitrogen and oxygen atoms in total. The van der Waals surface area contributed by atoms with Crippen molar-refractivity contribution in [2.75, 3.05) is 33.2 Å². The maximum atomic E-state index is 13.8. The Morgan fingerprint density at radius 2 is 1.96 bits per heavy atom. The molecule has 25 heavy (non-hydrogen) atoms. The Kier molecular flexibility index (Phi) is 6.43. The van der Waals surface area contributed by atoms with E-state index in [1.165, 1.54) is 6.07 Å². The van der Waals surface area contributed by atoms with Crippen LogP contribution in [0.1, 0.15) is 37.7 Å². The third kappa shape index (κ3) is 5.51. The van der Waals surface area contributed by atoms with Crippen LogP contribution in [-0.2, 0) is 11.3 Å². The second-order valence-corrected chi connectivity index (χ2v) is 7.68. The molecule has 2 fully saturated rings. The van der Waals surface area contributed by atoms with Gasteiger partial charge in [-0.2, -0.15) is 0 Å². The van der Waals surface area contributed by atoms with Gasteiger partial charge in [0.25, 0.3) is 0 Å². The molecule has 0 aliphatic carbocycles. The van der Waals surface area contributed by atoms with Crippen LogP contribution in [0.4, 0.5) is 4.39 Å². The molecular formula is C20H30FN3O. The Hall–Kier alpha value is -1.46. The van der Waals surface area contributed by atoms with Gasteiger partial charge in [-0.05, 0) is 64.3 Å². The van der Waals surface area contributed by atoms with Crippen LogP contribution < -0.4 is 5.32 Å². The lowest BCUT2D eigenvalue weighted by atomic mass is 9.93. The van der Waals surface area contributed by atoms with Crippen LogP contribution in [0.5, 0.6) is 0 Å². The van der Waals surface area contributed by atoms with Gasteiger partial charge in [-0.25, -0.2) is 4.39 Å². The number of piperidine rings is 2. The van der Waals surface area contributed by atoms with Gasteiger partial charge in [0.05, 0.1) is 0 Å². The van der Waals surface area contributed by atoms with E-state index in [2.05, 4.69) is 22.2 Å². The molecule has 3 rings (SSSR count). The maximum Gasteiger partial charge on any atom is 0.220 e. The standard InChI is InChI=1S/C20H30FN3O/c1-23-11-8-16(9-12-23)13-20(25)22-18-6-4-10-24(15-18)14-17-5-2-3-7-19(17)21/h2-3,5,7,16,18H,4,6,8-15H2,1H3,(H,22,25). The van der Waals surface area contributed by atoms with E-state index in [0.717, 1.165) is 57.4 Å². The summed E-state index contributed by atoms with van der Waals surface area (Å²) in [6.45, 7) is 4.59. The molecule has 2 aliphatic rings. The highest BCUT2D eigenvalue weighted by Gasteiger charge is 2.24. The van der Waals surface area contributed by atoms with E-state index in [0.29, 0.717) is 18.9 Å². The highest BCUT2D eigenvalue weighted by molar-refractivity contribution is 5.76. The third-order valence-electron chi connectivity index (χ3n) is 5.53. The van der Waals surface area contributed by atoms with Crippen LogP contribution in [0.25, 0.3) is 0 Å². The molecular weight excluding hydrogens is 317 g/mol. The number of likely N-dealkylation sites (tertiary alicyclic amines) is 2. The molecule has 0 spiro atoms. The largest absolute Gasteiger partial charge is 0.352 e. The Labute approximate surface area is 150 Å². The summed E-state index contributed by atoms with van der Waals surface area (Å²) in [5, 5.41) is 3.22. The number of nitrogens with one attached hydrogen (secondary N) is 1. The van der Waals surface area contributed by atoms with E-state index in [4.69, 9.17) is 0 Å². The molecule has 1 aromatic carbocycles. The molecule has 2 saturated heterocycles. The van der Waals surface area contributed by atoms with Crippen LogP contribution in [0.2, 0.25) is 0 Å². The van der Waals surface area contributed by atoms with Crippen molar-refractivity contribution in [3.8, 4) is 0 Å². The van der Waals surface area contributed by atoms with Gasteiger partial charge in [0.15, 0.2) is 0 Å². The van der Waals surface area contributed by atoms with Gasteiger partial charge in [0.1, 0.15) is 5.82 Å². The van der Waals surface area contributed by atoms with E-state index in [-0.39, 0.29) is 17.8 Å². The van der Waals surface area contributed by atoms with Gasteiger partial charge in [-0.3, -0.25) is 9.69 Å². The molecule has 2 aliphatic heterocycles. The fourth-order valence-corrected chi connectivity index (χ4v) is 4.00. The zero-order valence-electron chi connectivity index (χ0n) is 15.2. The summed E-state index contributed by atoms with van der Waals surface area (Å²) in [5.41, 5.74) is 0.737. The van der Waals surface area contributed by atoms with Crippen LogP contribution in [0, 0.1) is 11.7 Å². The second-order valence-electron chi connectivity index (χ2n) is 7.68. The Morgan fingerprint density at radius 3 is 2.72 bits per heavy atom. The van der Waals surface area contributed by atoms with Crippen LogP contribution in [0.15, 0.2) is 24.3 Å². The van der Waals surface area contributed by atoms with E-state index in [9.17, 15) is 9.18 Å². The normalized spacial score (nSPS) is 23.5. The minimum Gasteiger partial charge on any atom is -0.352 e. The first-order valence-corrected chi connectivity index (χ1v) is 9.54. The lowest BCUT2D eigenvalue weighted by Gasteiger charge is -2.34. The van der Waals surface area contributed by atoms with Crippen LogP contribution in [-0.4, -0.2) is 55.0 Å². The van der Waals surface area contributed by atoms with Crippen molar-refractivity contribution in [2.24, 2.45) is 5.92 Å². The number of nitrogens with zero attached hydrogens (tertiary/aromatic N) is 2. The summed E-state index contributed by atoms with van der Waals surface area (Å²) in [4.78, 5) is 17.0. The summed E-state index contributed by atoms with van der Waals surface area (Å²) in [7, 11) is 2.14. The molecule has 1 N–H and O–H groups in total. The molecule has 1 unspecified atom stereocenters. The molecule has 2 heterocycles. The summed E-state index contributed by atoms with van der Waals surface area (Å²) < 4.78 is 13.8. The SMILES string of the molecule is CN1CCC(CC(=O)NC2CCCN(Cc3ccccc3F)C2)CC1. The zero-order chi connectivity index (χ0) is 17.6. The number of rotatable bonds is 5. The average Bonchev–Trinajstić information content (AvgIpc) is 2.59. The Bertz CT molecular complexity index is 572. The molecule has 1 atom stereocenters. The van der Waals surface area contributed by atoms with Crippen molar-refractivity contribution >= 4 is 5.91 Å². The molecule has 0 radical (unpaired) electrons. The number of hydrogen-bond donors (Lipinski definition) is 1. The molecule has 5 heteroatoms. The van der Waals surface area contributed by atoms with Gasteiger partial charge in [-0.1, -0.05) is 18.2 Å². The van der Waals surface area contributed by atoms with Crippen molar-refractivity contribution in [1.29, 1.82) is 0 Å². The lowest BCUT2D eigenvalue weighted by molar-refractivity contribution is -0.123. The first-order valence-electron chi connectivity index (χ1n) is 9.54. The van der Waals surface area contributed by atoms with Gasteiger partial charge in [0, 0.05) is 31.1 Å². The van der Waals surface area contributed by atoms with Gasteiger partial charge in [0.2, 0.25) is 5.91 Å². The second kappa shape index (κ2) is 8.77. The van der Waals surface area contributed by atoms with Crippen molar-refractivity contribution in [3.63, 3.8) is 0 Å². The van der Waals surface area contributed by atoms with Crippen LogP contribution >= 0.6 is 0 Å². The van der Waals surface area contributed by atoms with E-state index >= 15 is 0 Å². The van der Waals surface area contributed by atoms with E-state index in [1.54, 1.807) is 6.07 Å². The first-order chi connectivity index (χ1) is 12.1. The summed E-state index contributed by atoms with van der Waals surface area (Å²) >= 11 is 0. The molecule has 0 saturated carbocycles. The van der Waals surface area contributed by atoms with E-state index < -0.39 is 0 Å². The molecule has 0 aromatic heterocycles. The monoisotopic (exact) mass is 347 g/mol.